The second-order valence-corrected chi connectivity index (χ2v) is 4.81. The first-order valence-electron chi connectivity index (χ1n) is 5.75. The van der Waals surface area contributed by atoms with Crippen LogP contribution in [0, 0.1) is 0 Å². The quantitative estimate of drug-likeness (QED) is 0.699. The summed E-state index contributed by atoms with van der Waals surface area (Å²) in [5.41, 5.74) is 3.17. The molecule has 1 aromatic carbocycles. The molecule has 1 aromatic rings. The van der Waals surface area contributed by atoms with Crippen LogP contribution in [0.2, 0.25) is 0 Å². The molecule has 2 atom stereocenters. The molecular weight excluding hydrogens is 186 g/mol. The summed E-state index contributed by atoms with van der Waals surface area (Å²) in [6.45, 7) is 4.17. The maximum atomic E-state index is 5.65. The van der Waals surface area contributed by atoms with Crippen molar-refractivity contribution in [2.45, 2.75) is 31.3 Å². The summed E-state index contributed by atoms with van der Waals surface area (Å²) in [6, 6.07) is 8.71. The van der Waals surface area contributed by atoms with Gasteiger partial charge in [-0.25, -0.2) is 0 Å². The van der Waals surface area contributed by atoms with Crippen LogP contribution in [0.4, 0.5) is 5.69 Å². The van der Waals surface area contributed by atoms with Gasteiger partial charge in [-0.15, -0.1) is 0 Å². The fraction of sp³-hybridized carbons (Fsp3) is 0.538. The Labute approximate surface area is 90.6 Å². The molecule has 2 heterocycles. The number of hydrogen-bond donors (Lipinski definition) is 1. The molecule has 2 aliphatic rings. The Hall–Kier alpha value is -1.02. The predicted octanol–water partition coefficient (Wildman–Crippen LogP) is 2.55. The zero-order valence-corrected chi connectivity index (χ0v) is 9.12. The van der Waals surface area contributed by atoms with E-state index in [9.17, 15) is 0 Å². The van der Waals surface area contributed by atoms with Gasteiger partial charge >= 0.3 is 0 Å². The average Bonchev–Trinajstić information content (AvgIpc) is 2.59. The van der Waals surface area contributed by atoms with E-state index >= 15 is 0 Å². The fourth-order valence-electron chi connectivity index (χ4n) is 3.03. The standard InChI is InChI=1S/C13H17NO/c1-10-8-13(6-7-15-10)9-14-12-5-3-2-4-11(12)13/h2-5,10,14H,6-9H2,1H3. The van der Waals surface area contributed by atoms with Gasteiger partial charge < -0.3 is 10.1 Å². The van der Waals surface area contributed by atoms with E-state index in [1.807, 2.05) is 0 Å². The smallest absolute Gasteiger partial charge is 0.0556 e. The number of fused-ring (bicyclic) bond motifs is 2. The SMILES string of the molecule is CC1CC2(CCO1)CNc1ccccc12. The lowest BCUT2D eigenvalue weighted by Crippen LogP contribution is -2.39. The molecule has 0 amide bonds. The molecule has 1 fully saturated rings. The molecule has 80 valence electrons. The molecule has 0 bridgehead atoms. The molecular formula is C13H17NO. The van der Waals surface area contributed by atoms with Crippen molar-refractivity contribution >= 4 is 5.69 Å². The van der Waals surface area contributed by atoms with Gasteiger partial charge in [0.1, 0.15) is 0 Å². The zero-order chi connectivity index (χ0) is 10.3. The van der Waals surface area contributed by atoms with Gasteiger partial charge in [-0.2, -0.15) is 0 Å². The van der Waals surface area contributed by atoms with Crippen molar-refractivity contribution in [2.24, 2.45) is 0 Å². The van der Waals surface area contributed by atoms with Gasteiger partial charge in [-0.1, -0.05) is 18.2 Å². The van der Waals surface area contributed by atoms with Gasteiger partial charge in [0.25, 0.3) is 0 Å². The molecule has 3 rings (SSSR count). The van der Waals surface area contributed by atoms with Crippen molar-refractivity contribution < 1.29 is 4.74 Å². The van der Waals surface area contributed by atoms with E-state index in [1.165, 1.54) is 11.3 Å². The molecule has 0 aromatic heterocycles. The van der Waals surface area contributed by atoms with Crippen LogP contribution in [-0.4, -0.2) is 19.3 Å². The molecule has 1 saturated heterocycles. The minimum atomic E-state index is 0.342. The van der Waals surface area contributed by atoms with Gasteiger partial charge in [0.15, 0.2) is 0 Å². The summed E-state index contributed by atoms with van der Waals surface area (Å²) >= 11 is 0. The minimum Gasteiger partial charge on any atom is -0.384 e. The van der Waals surface area contributed by atoms with E-state index in [2.05, 4.69) is 36.5 Å². The van der Waals surface area contributed by atoms with Crippen LogP contribution >= 0.6 is 0 Å². The van der Waals surface area contributed by atoms with Crippen LogP contribution in [0.1, 0.15) is 25.3 Å². The highest BCUT2D eigenvalue weighted by Crippen LogP contribution is 2.44. The highest BCUT2D eigenvalue weighted by molar-refractivity contribution is 5.60. The number of benzene rings is 1. The highest BCUT2D eigenvalue weighted by Gasteiger charge is 2.41. The lowest BCUT2D eigenvalue weighted by molar-refractivity contribution is -0.00527. The number of ether oxygens (including phenoxy) is 1. The number of hydrogen-bond acceptors (Lipinski definition) is 2. The van der Waals surface area contributed by atoms with Crippen LogP contribution < -0.4 is 5.32 Å². The van der Waals surface area contributed by atoms with Crippen molar-refractivity contribution in [3.05, 3.63) is 29.8 Å². The first-order chi connectivity index (χ1) is 7.30. The van der Waals surface area contributed by atoms with Crippen molar-refractivity contribution in [1.29, 1.82) is 0 Å². The molecule has 0 aliphatic carbocycles. The average molecular weight is 203 g/mol. The summed E-state index contributed by atoms with van der Waals surface area (Å²) in [7, 11) is 0. The third kappa shape index (κ3) is 1.36. The first-order valence-corrected chi connectivity index (χ1v) is 5.75. The van der Waals surface area contributed by atoms with E-state index in [0.29, 0.717) is 11.5 Å². The Morgan fingerprint density at radius 3 is 3.13 bits per heavy atom. The molecule has 2 unspecified atom stereocenters. The molecule has 0 radical (unpaired) electrons. The third-order valence-corrected chi connectivity index (χ3v) is 3.78. The summed E-state index contributed by atoms with van der Waals surface area (Å²) in [5, 5.41) is 3.53. The zero-order valence-electron chi connectivity index (χ0n) is 9.12. The monoisotopic (exact) mass is 203 g/mol. The van der Waals surface area contributed by atoms with Crippen LogP contribution in [0.3, 0.4) is 0 Å². The van der Waals surface area contributed by atoms with Gasteiger partial charge in [0.05, 0.1) is 6.10 Å². The van der Waals surface area contributed by atoms with Crippen LogP contribution in [0.25, 0.3) is 0 Å². The van der Waals surface area contributed by atoms with Crippen molar-refractivity contribution in [2.75, 3.05) is 18.5 Å². The summed E-state index contributed by atoms with van der Waals surface area (Å²) < 4.78 is 5.65. The second-order valence-electron chi connectivity index (χ2n) is 4.81. The normalized spacial score (nSPS) is 33.8. The number of para-hydroxylation sites is 1. The molecule has 15 heavy (non-hydrogen) atoms. The topological polar surface area (TPSA) is 21.3 Å². The van der Waals surface area contributed by atoms with E-state index in [4.69, 9.17) is 4.74 Å². The Morgan fingerprint density at radius 2 is 2.27 bits per heavy atom. The molecule has 2 aliphatic heterocycles. The molecule has 0 saturated carbocycles. The van der Waals surface area contributed by atoms with E-state index in [1.54, 1.807) is 0 Å². The highest BCUT2D eigenvalue weighted by atomic mass is 16.5. The van der Waals surface area contributed by atoms with Crippen LogP contribution in [0.15, 0.2) is 24.3 Å². The predicted molar refractivity (Wildman–Crippen MR) is 61.3 cm³/mol. The van der Waals surface area contributed by atoms with Gasteiger partial charge in [0.2, 0.25) is 0 Å². The number of nitrogens with one attached hydrogen (secondary N) is 1. The van der Waals surface area contributed by atoms with E-state index < -0.39 is 0 Å². The number of rotatable bonds is 0. The van der Waals surface area contributed by atoms with Crippen molar-refractivity contribution in [3.63, 3.8) is 0 Å². The van der Waals surface area contributed by atoms with E-state index in [0.717, 1.165) is 26.0 Å². The maximum Gasteiger partial charge on any atom is 0.0556 e. The molecule has 2 nitrogen and oxygen atoms in total. The van der Waals surface area contributed by atoms with Crippen LogP contribution in [-0.2, 0) is 10.2 Å². The summed E-state index contributed by atoms with van der Waals surface area (Å²) in [6.07, 6.45) is 2.70. The lowest BCUT2D eigenvalue weighted by Gasteiger charge is -2.36. The number of anilines is 1. The third-order valence-electron chi connectivity index (χ3n) is 3.78. The molecule has 1 N–H and O–H groups in total. The molecule has 2 heteroatoms. The van der Waals surface area contributed by atoms with Gasteiger partial charge in [0, 0.05) is 24.3 Å². The van der Waals surface area contributed by atoms with Crippen LogP contribution in [0.5, 0.6) is 0 Å². The molecule has 1 spiro atoms. The minimum absolute atomic E-state index is 0.342. The van der Waals surface area contributed by atoms with E-state index in [-0.39, 0.29) is 0 Å². The Kier molecular flexibility index (Phi) is 1.99. The van der Waals surface area contributed by atoms with Gasteiger partial charge in [-0.05, 0) is 31.4 Å². The maximum absolute atomic E-state index is 5.65. The largest absolute Gasteiger partial charge is 0.384 e. The van der Waals surface area contributed by atoms with Gasteiger partial charge in [-0.3, -0.25) is 0 Å². The summed E-state index contributed by atoms with van der Waals surface area (Å²) in [4.78, 5) is 0. The fourth-order valence-corrected chi connectivity index (χ4v) is 3.03. The Morgan fingerprint density at radius 1 is 1.40 bits per heavy atom. The first kappa shape index (κ1) is 9.22. The van der Waals surface area contributed by atoms with Crippen molar-refractivity contribution in [3.8, 4) is 0 Å². The Balaban J connectivity index is 2.00. The summed E-state index contributed by atoms with van der Waals surface area (Å²) in [5.74, 6) is 0. The second kappa shape index (κ2) is 3.24. The Bertz CT molecular complexity index is 373. The van der Waals surface area contributed by atoms with Crippen molar-refractivity contribution in [1.82, 2.24) is 0 Å². The lowest BCUT2D eigenvalue weighted by atomic mass is 9.74.